The van der Waals surface area contributed by atoms with Crippen LogP contribution >= 0.6 is 0 Å². The average Bonchev–Trinajstić information content (AvgIpc) is 2.80. The molecule has 9 heteroatoms. The molecule has 0 spiro atoms. The fourth-order valence-electron chi connectivity index (χ4n) is 1.50. The first-order chi connectivity index (χ1) is 9.38. The van der Waals surface area contributed by atoms with Crippen LogP contribution in [0.4, 0.5) is 5.69 Å². The molecule has 2 aromatic heterocycles. The maximum atomic E-state index is 12.1. The van der Waals surface area contributed by atoms with E-state index >= 15 is 0 Å². The second-order valence-electron chi connectivity index (χ2n) is 4.01. The van der Waals surface area contributed by atoms with Crippen LogP contribution in [0.15, 0.2) is 35.6 Å². The van der Waals surface area contributed by atoms with Crippen molar-refractivity contribution in [1.29, 1.82) is 0 Å². The molecule has 0 saturated heterocycles. The Labute approximate surface area is 115 Å². The lowest BCUT2D eigenvalue weighted by Gasteiger charge is -2.07. The van der Waals surface area contributed by atoms with Crippen molar-refractivity contribution in [2.45, 2.75) is 18.4 Å². The Balaban J connectivity index is 2.25. The number of hydrogen-bond acceptors (Lipinski definition) is 5. The van der Waals surface area contributed by atoms with Crippen molar-refractivity contribution < 1.29 is 18.3 Å². The van der Waals surface area contributed by atoms with Crippen molar-refractivity contribution in [3.63, 3.8) is 0 Å². The second-order valence-corrected chi connectivity index (χ2v) is 5.69. The van der Waals surface area contributed by atoms with Gasteiger partial charge in [-0.25, -0.2) is 8.42 Å². The first-order valence-corrected chi connectivity index (χ1v) is 7.05. The number of anilines is 1. The molecule has 0 saturated carbocycles. The molecule has 0 aliphatic carbocycles. The molecule has 20 heavy (non-hydrogen) atoms. The number of carboxylic acids is 1. The number of aliphatic carboxylic acids is 1. The number of nitrogens with zero attached hydrogens (tertiary/aromatic N) is 3. The van der Waals surface area contributed by atoms with Gasteiger partial charge in [-0.3, -0.25) is 19.2 Å². The lowest BCUT2D eigenvalue weighted by atomic mass is 10.3. The van der Waals surface area contributed by atoms with Gasteiger partial charge in [0.25, 0.3) is 10.0 Å². The SMILES string of the molecule is Cc1ncccc1NS(=O)(=O)c1cnn(CC(=O)O)c1. The first kappa shape index (κ1) is 14.0. The van der Waals surface area contributed by atoms with E-state index in [0.29, 0.717) is 11.4 Å². The van der Waals surface area contributed by atoms with Crippen molar-refractivity contribution in [3.8, 4) is 0 Å². The van der Waals surface area contributed by atoms with Gasteiger partial charge in [-0.15, -0.1) is 0 Å². The van der Waals surface area contributed by atoms with Gasteiger partial charge in [0.05, 0.1) is 17.6 Å². The quantitative estimate of drug-likeness (QED) is 0.829. The zero-order valence-corrected chi connectivity index (χ0v) is 11.3. The van der Waals surface area contributed by atoms with E-state index in [0.717, 1.165) is 17.1 Å². The topological polar surface area (TPSA) is 114 Å². The summed E-state index contributed by atoms with van der Waals surface area (Å²) in [6.07, 6.45) is 3.80. The summed E-state index contributed by atoms with van der Waals surface area (Å²) in [6.45, 7) is 1.27. The number of pyridine rings is 1. The van der Waals surface area contributed by atoms with Gasteiger partial charge < -0.3 is 5.11 Å². The van der Waals surface area contributed by atoms with E-state index in [1.165, 1.54) is 0 Å². The maximum Gasteiger partial charge on any atom is 0.325 e. The highest BCUT2D eigenvalue weighted by atomic mass is 32.2. The van der Waals surface area contributed by atoms with E-state index in [9.17, 15) is 13.2 Å². The van der Waals surface area contributed by atoms with Gasteiger partial charge in [-0.05, 0) is 19.1 Å². The maximum absolute atomic E-state index is 12.1. The molecule has 0 radical (unpaired) electrons. The molecule has 0 aromatic carbocycles. The predicted octanol–water partition coefficient (Wildman–Crippen LogP) is 0.472. The molecule has 0 aliphatic heterocycles. The number of carbonyl (C=O) groups is 1. The molecule has 0 aliphatic rings. The van der Waals surface area contributed by atoms with Crippen molar-refractivity contribution in [3.05, 3.63) is 36.4 Å². The number of sulfonamides is 1. The van der Waals surface area contributed by atoms with Crippen LogP contribution in [-0.2, 0) is 21.4 Å². The molecule has 0 atom stereocenters. The highest BCUT2D eigenvalue weighted by Crippen LogP contribution is 2.17. The molecular formula is C11H12N4O4S. The highest BCUT2D eigenvalue weighted by molar-refractivity contribution is 7.92. The molecule has 0 fully saturated rings. The van der Waals surface area contributed by atoms with Crippen molar-refractivity contribution >= 4 is 21.7 Å². The summed E-state index contributed by atoms with van der Waals surface area (Å²) in [5.74, 6) is -1.10. The molecule has 8 nitrogen and oxygen atoms in total. The summed E-state index contributed by atoms with van der Waals surface area (Å²) in [5, 5.41) is 12.3. The van der Waals surface area contributed by atoms with Gasteiger partial charge >= 0.3 is 5.97 Å². The number of hydrogen-bond donors (Lipinski definition) is 2. The lowest BCUT2D eigenvalue weighted by Crippen LogP contribution is -2.14. The van der Waals surface area contributed by atoms with Crippen LogP contribution in [0.2, 0.25) is 0 Å². The minimum Gasteiger partial charge on any atom is -0.480 e. The molecule has 2 aromatic rings. The van der Waals surface area contributed by atoms with Crippen molar-refractivity contribution in [1.82, 2.24) is 14.8 Å². The van der Waals surface area contributed by atoms with Crippen molar-refractivity contribution in [2.75, 3.05) is 4.72 Å². The third kappa shape index (κ3) is 3.12. The van der Waals surface area contributed by atoms with Gasteiger partial charge in [0.2, 0.25) is 0 Å². The Morgan fingerprint density at radius 1 is 1.50 bits per heavy atom. The Kier molecular flexibility index (Phi) is 3.70. The van der Waals surface area contributed by atoms with Crippen LogP contribution < -0.4 is 4.72 Å². The van der Waals surface area contributed by atoms with Crippen LogP contribution in [0.3, 0.4) is 0 Å². The summed E-state index contributed by atoms with van der Waals surface area (Å²) in [7, 11) is -3.82. The van der Waals surface area contributed by atoms with Crippen LogP contribution in [0, 0.1) is 6.92 Å². The average molecular weight is 296 g/mol. The fraction of sp³-hybridized carbons (Fsp3) is 0.182. The normalized spacial score (nSPS) is 11.2. The van der Waals surface area contributed by atoms with Crippen LogP contribution in [0.5, 0.6) is 0 Å². The predicted molar refractivity (Wildman–Crippen MR) is 69.6 cm³/mol. The lowest BCUT2D eigenvalue weighted by molar-refractivity contribution is -0.137. The fourth-order valence-corrected chi connectivity index (χ4v) is 2.57. The van der Waals surface area contributed by atoms with Gasteiger partial charge in [0.15, 0.2) is 0 Å². The zero-order valence-electron chi connectivity index (χ0n) is 10.5. The summed E-state index contributed by atoms with van der Waals surface area (Å²) in [4.78, 5) is 14.4. The van der Waals surface area contributed by atoms with Crippen LogP contribution in [0.25, 0.3) is 0 Å². The van der Waals surface area contributed by atoms with Gasteiger partial charge in [0.1, 0.15) is 11.4 Å². The number of rotatable bonds is 5. The molecule has 0 unspecified atom stereocenters. The molecule has 2 N–H and O–H groups in total. The van der Waals surface area contributed by atoms with Gasteiger partial charge in [-0.1, -0.05) is 0 Å². The summed E-state index contributed by atoms with van der Waals surface area (Å²) >= 11 is 0. The third-order valence-corrected chi connectivity index (χ3v) is 3.79. The Morgan fingerprint density at radius 3 is 2.90 bits per heavy atom. The molecule has 0 bridgehead atoms. The zero-order chi connectivity index (χ0) is 14.8. The summed E-state index contributed by atoms with van der Waals surface area (Å²) in [5.41, 5.74) is 0.896. The number of nitrogens with one attached hydrogen (secondary N) is 1. The summed E-state index contributed by atoms with van der Waals surface area (Å²) < 4.78 is 27.6. The third-order valence-electron chi connectivity index (χ3n) is 2.47. The highest BCUT2D eigenvalue weighted by Gasteiger charge is 2.18. The van der Waals surface area contributed by atoms with E-state index in [-0.39, 0.29) is 4.90 Å². The van der Waals surface area contributed by atoms with Gasteiger partial charge in [0, 0.05) is 12.4 Å². The Bertz CT molecular complexity index is 738. The minimum atomic E-state index is -3.82. The van der Waals surface area contributed by atoms with Crippen molar-refractivity contribution in [2.24, 2.45) is 0 Å². The Hall–Kier alpha value is -2.42. The monoisotopic (exact) mass is 296 g/mol. The number of carboxylic acid groups (broad SMARTS) is 1. The second kappa shape index (κ2) is 5.29. The van der Waals surface area contributed by atoms with Crippen LogP contribution in [0.1, 0.15) is 5.69 Å². The largest absolute Gasteiger partial charge is 0.480 e. The molecule has 2 rings (SSSR count). The molecular weight excluding hydrogens is 284 g/mol. The minimum absolute atomic E-state index is 0.109. The van der Waals surface area contributed by atoms with Gasteiger partial charge in [-0.2, -0.15) is 5.10 Å². The van der Waals surface area contributed by atoms with Crippen LogP contribution in [-0.4, -0.2) is 34.3 Å². The smallest absolute Gasteiger partial charge is 0.325 e. The van der Waals surface area contributed by atoms with E-state index in [2.05, 4.69) is 14.8 Å². The van der Waals surface area contributed by atoms with E-state index in [4.69, 9.17) is 5.11 Å². The van der Waals surface area contributed by atoms with E-state index in [1.807, 2.05) is 0 Å². The number of aryl methyl sites for hydroxylation is 1. The first-order valence-electron chi connectivity index (χ1n) is 5.57. The van der Waals surface area contributed by atoms with E-state index in [1.54, 1.807) is 25.3 Å². The molecule has 2 heterocycles. The number of aromatic nitrogens is 3. The summed E-state index contributed by atoms with van der Waals surface area (Å²) in [6, 6.07) is 3.19. The van der Waals surface area contributed by atoms with E-state index < -0.39 is 22.5 Å². The standard InChI is InChI=1S/C11H12N4O4S/c1-8-10(3-2-4-12-8)14-20(18,19)9-5-13-15(6-9)7-11(16)17/h2-6,14H,7H2,1H3,(H,16,17). The molecule has 0 amide bonds. The Morgan fingerprint density at radius 2 is 2.25 bits per heavy atom. The molecule has 106 valence electrons.